The second kappa shape index (κ2) is 21.0. The second-order valence-electron chi connectivity index (χ2n) is 25.4. The van der Waals surface area contributed by atoms with Gasteiger partial charge in [0.1, 0.15) is 17.0 Å². The minimum Gasteiger partial charge on any atom is -0.340 e. The van der Waals surface area contributed by atoms with Gasteiger partial charge < -0.3 is 14.1 Å². The van der Waals surface area contributed by atoms with Gasteiger partial charge >= 0.3 is 0 Å². The van der Waals surface area contributed by atoms with E-state index in [4.69, 9.17) is 19.9 Å². The Morgan fingerprint density at radius 3 is 1.04 bits per heavy atom. The number of nitrogens with zero attached hydrogens (tertiary/aromatic N) is 9. The van der Waals surface area contributed by atoms with Gasteiger partial charge in [0.2, 0.25) is 0 Å². The Morgan fingerprint density at radius 1 is 0.224 bits per heavy atom. The quantitative estimate of drug-likeness (QED) is 0.156. The minimum absolute atomic E-state index is 0.472. The molecule has 0 aliphatic rings. The topological polar surface area (TPSA) is 92.0 Å². The van der Waals surface area contributed by atoms with E-state index in [0.717, 1.165) is 149 Å². The predicted molar refractivity (Wildman–Crippen MR) is 403 cm³/mol. The predicted octanol–water partition coefficient (Wildman–Crippen LogP) is 21.9. The molecule has 0 fully saturated rings. The van der Waals surface area contributed by atoms with Crippen molar-refractivity contribution in [1.29, 1.82) is 0 Å². The standard InChI is InChI=1S/C88H54N10/c1-3-26-54(27-4-1)83-90-84(55-28-5-2-6-29-55)92-85(91-83)80-81(95-70-42-17-8-32-59(70)60-33-9-18-43-71(60)95)87(97-74-46-21-12-36-63(74)64-37-13-22-47-75(64)97)93-88(82(80)96-72-44-19-10-34-61(72)62-35-11-20-45-73(62)96)98-76-48-23-14-38-65(76)68-53-57(50-51-78(68)98)56-30-25-31-58(52-56)94-77-49-24-15-40-67(77)79-66-39-7-16-41-69(66)89-86(79)94/h1-53,89H. The number of nitrogens with one attached hydrogen (secondary N) is 1. The fourth-order valence-electron chi connectivity index (χ4n) is 15.9. The van der Waals surface area contributed by atoms with Crippen molar-refractivity contribution in [3.8, 4) is 74.0 Å². The van der Waals surface area contributed by atoms with Crippen LogP contribution in [0, 0.1) is 0 Å². The molecule has 8 aromatic heterocycles. The summed E-state index contributed by atoms with van der Waals surface area (Å²) in [6, 6.07) is 115. The zero-order valence-electron chi connectivity index (χ0n) is 52.6. The smallest absolute Gasteiger partial charge is 0.168 e. The molecule has 0 aliphatic heterocycles. The highest BCUT2D eigenvalue weighted by atomic mass is 15.2. The number of rotatable bonds is 9. The molecule has 0 radical (unpaired) electrons. The summed E-state index contributed by atoms with van der Waals surface area (Å²) in [6.07, 6.45) is 0. The van der Waals surface area contributed by atoms with Gasteiger partial charge in [-0.2, -0.15) is 0 Å². The number of benzene rings is 13. The molecule has 456 valence electrons. The van der Waals surface area contributed by atoms with Crippen molar-refractivity contribution in [2.24, 2.45) is 0 Å². The van der Waals surface area contributed by atoms with Crippen LogP contribution in [0.3, 0.4) is 0 Å². The summed E-state index contributed by atoms with van der Waals surface area (Å²) >= 11 is 0. The molecule has 1 N–H and O–H groups in total. The lowest BCUT2D eigenvalue weighted by Crippen LogP contribution is -2.17. The van der Waals surface area contributed by atoms with Crippen LogP contribution in [0.4, 0.5) is 0 Å². The third kappa shape index (κ3) is 7.85. The van der Waals surface area contributed by atoms with Crippen LogP contribution >= 0.6 is 0 Å². The summed E-state index contributed by atoms with van der Waals surface area (Å²) in [5.74, 6) is 2.92. The highest BCUT2D eigenvalue weighted by Crippen LogP contribution is 2.49. The Kier molecular flexibility index (Phi) is 11.6. The molecule has 0 bridgehead atoms. The molecule has 98 heavy (non-hydrogen) atoms. The van der Waals surface area contributed by atoms with Crippen molar-refractivity contribution in [2.45, 2.75) is 0 Å². The van der Waals surface area contributed by atoms with Gasteiger partial charge in [0.25, 0.3) is 0 Å². The Bertz CT molecular complexity index is 6660. The number of H-pyrrole nitrogens is 1. The molecule has 8 heterocycles. The first-order valence-electron chi connectivity index (χ1n) is 33.2. The summed E-state index contributed by atoms with van der Waals surface area (Å²) in [5, 5.41) is 12.4. The molecule has 13 aromatic carbocycles. The van der Waals surface area contributed by atoms with Crippen LogP contribution in [0.1, 0.15) is 0 Å². The molecule has 0 spiro atoms. The van der Waals surface area contributed by atoms with E-state index in [2.05, 4.69) is 337 Å². The zero-order valence-corrected chi connectivity index (χ0v) is 52.6. The number of hydrogen-bond acceptors (Lipinski definition) is 4. The van der Waals surface area contributed by atoms with Crippen LogP contribution in [0.5, 0.6) is 0 Å². The Hall–Kier alpha value is -13.4. The molecule has 0 unspecified atom stereocenters. The number of aromatic amines is 1. The van der Waals surface area contributed by atoms with Gasteiger partial charge in [-0.25, -0.2) is 19.9 Å². The molecule has 21 aromatic rings. The summed E-state index contributed by atoms with van der Waals surface area (Å²) < 4.78 is 12.1. The van der Waals surface area contributed by atoms with Crippen molar-refractivity contribution in [3.05, 3.63) is 322 Å². The van der Waals surface area contributed by atoms with Crippen molar-refractivity contribution in [3.63, 3.8) is 0 Å². The van der Waals surface area contributed by atoms with E-state index < -0.39 is 0 Å². The van der Waals surface area contributed by atoms with E-state index in [0.29, 0.717) is 29.1 Å². The molecular weight excluding hydrogens is 1200 g/mol. The van der Waals surface area contributed by atoms with Crippen LogP contribution in [0.25, 0.3) is 194 Å². The highest BCUT2D eigenvalue weighted by molar-refractivity contribution is 6.22. The number of aromatic nitrogens is 10. The number of para-hydroxylation sites is 9. The largest absolute Gasteiger partial charge is 0.340 e. The molecule has 21 rings (SSSR count). The van der Waals surface area contributed by atoms with Gasteiger partial charge in [-0.3, -0.25) is 13.7 Å². The van der Waals surface area contributed by atoms with Gasteiger partial charge in [0.15, 0.2) is 29.1 Å². The van der Waals surface area contributed by atoms with E-state index >= 15 is 0 Å². The number of pyridine rings is 1. The maximum atomic E-state index is 6.54. The summed E-state index contributed by atoms with van der Waals surface area (Å²) in [7, 11) is 0. The van der Waals surface area contributed by atoms with Gasteiger partial charge in [0, 0.05) is 81.6 Å². The van der Waals surface area contributed by atoms with Crippen molar-refractivity contribution >= 4 is 120 Å². The zero-order chi connectivity index (χ0) is 64.1. The monoisotopic (exact) mass is 1250 g/mol. The van der Waals surface area contributed by atoms with Gasteiger partial charge in [-0.15, -0.1) is 0 Å². The lowest BCUT2D eigenvalue weighted by Gasteiger charge is -2.26. The normalized spacial score (nSPS) is 12.1. The Morgan fingerprint density at radius 2 is 0.571 bits per heavy atom. The van der Waals surface area contributed by atoms with Crippen molar-refractivity contribution < 1.29 is 0 Å². The van der Waals surface area contributed by atoms with Gasteiger partial charge in [-0.1, -0.05) is 243 Å². The fourth-order valence-corrected chi connectivity index (χ4v) is 15.9. The number of hydrogen-bond donors (Lipinski definition) is 1. The first-order valence-corrected chi connectivity index (χ1v) is 33.2. The molecule has 10 nitrogen and oxygen atoms in total. The average molecular weight is 1250 g/mol. The van der Waals surface area contributed by atoms with E-state index in [1.807, 2.05) is 12.1 Å². The molecule has 0 saturated carbocycles. The summed E-state index contributed by atoms with van der Waals surface area (Å²) in [5.41, 5.74) is 18.6. The van der Waals surface area contributed by atoms with Crippen LogP contribution in [0.15, 0.2) is 322 Å². The lowest BCUT2D eigenvalue weighted by molar-refractivity contribution is 0.952. The maximum Gasteiger partial charge on any atom is 0.168 e. The molecular formula is C88H54N10. The van der Waals surface area contributed by atoms with Gasteiger partial charge in [-0.05, 0) is 90.0 Å². The summed E-state index contributed by atoms with van der Waals surface area (Å²) in [4.78, 5) is 27.5. The van der Waals surface area contributed by atoms with Crippen molar-refractivity contribution in [2.75, 3.05) is 0 Å². The first kappa shape index (κ1) is 54.0. The first-order chi connectivity index (χ1) is 48.7. The molecule has 0 atom stereocenters. The van der Waals surface area contributed by atoms with E-state index in [-0.39, 0.29) is 0 Å². The van der Waals surface area contributed by atoms with Crippen molar-refractivity contribution in [1.82, 2.24) is 47.8 Å². The van der Waals surface area contributed by atoms with E-state index in [9.17, 15) is 0 Å². The van der Waals surface area contributed by atoms with Gasteiger partial charge in [0.05, 0.1) is 55.2 Å². The summed E-state index contributed by atoms with van der Waals surface area (Å²) in [6.45, 7) is 0. The van der Waals surface area contributed by atoms with E-state index in [1.54, 1.807) is 0 Å². The second-order valence-corrected chi connectivity index (χ2v) is 25.4. The minimum atomic E-state index is 0.472. The van der Waals surface area contributed by atoms with Crippen LogP contribution in [0.2, 0.25) is 0 Å². The Labute approximate surface area is 560 Å². The number of fused-ring (bicyclic) bond motifs is 17. The average Bonchev–Trinajstić information content (AvgIpc) is 1.47. The van der Waals surface area contributed by atoms with E-state index in [1.165, 1.54) is 16.2 Å². The third-order valence-corrected chi connectivity index (χ3v) is 20.1. The van der Waals surface area contributed by atoms with Crippen LogP contribution < -0.4 is 0 Å². The Balaban J connectivity index is 0.949. The third-order valence-electron chi connectivity index (χ3n) is 20.1. The lowest BCUT2D eigenvalue weighted by atomic mass is 10.0. The maximum absolute atomic E-state index is 6.54. The molecule has 0 amide bonds. The fraction of sp³-hybridized carbons (Fsp3) is 0. The SMILES string of the molecule is c1ccc(-c2nc(-c3ccccc3)nc(-c3c(-n4c5ccccc5c5ccccc54)c(-n4c5ccccc5c5ccccc54)nc(-n4c5ccccc5c5cc(-c6cccc(-n7c8ccccc8c8c9ccccc9[nH]c87)c6)ccc54)c3-n3c4ccccc4c4ccccc43)n2)cc1. The molecule has 0 saturated heterocycles. The van der Waals surface area contributed by atoms with Crippen LogP contribution in [-0.4, -0.2) is 47.8 Å². The molecule has 10 heteroatoms. The molecule has 0 aliphatic carbocycles. The van der Waals surface area contributed by atoms with Crippen LogP contribution in [-0.2, 0) is 0 Å². The highest BCUT2D eigenvalue weighted by Gasteiger charge is 2.35.